The average Bonchev–Trinajstić information content (AvgIpc) is 2.73. The third kappa shape index (κ3) is 3.62. The summed E-state index contributed by atoms with van der Waals surface area (Å²) in [5.74, 6) is 0.350. The number of nitrogens with one attached hydrogen (secondary N) is 1. The molecule has 0 aliphatic carbocycles. The van der Waals surface area contributed by atoms with E-state index in [0.717, 1.165) is 34.1 Å². The highest BCUT2D eigenvalue weighted by Gasteiger charge is 2.14. The fourth-order valence-electron chi connectivity index (χ4n) is 3.21. The van der Waals surface area contributed by atoms with Crippen molar-refractivity contribution in [2.75, 3.05) is 5.32 Å². The van der Waals surface area contributed by atoms with Gasteiger partial charge in [0.15, 0.2) is 0 Å². The first kappa shape index (κ1) is 17.9. The molecule has 2 aromatic carbocycles. The van der Waals surface area contributed by atoms with Gasteiger partial charge in [-0.3, -0.25) is 4.79 Å². The van der Waals surface area contributed by atoms with E-state index in [9.17, 15) is 4.79 Å². The lowest BCUT2D eigenvalue weighted by molar-refractivity contribution is 0.102. The molecule has 1 amide bonds. The van der Waals surface area contributed by atoms with Gasteiger partial charge in [0.25, 0.3) is 5.91 Å². The molecule has 28 heavy (non-hydrogen) atoms. The topological polar surface area (TPSA) is 54.9 Å². The average molecular weight is 367 g/mol. The van der Waals surface area contributed by atoms with Crippen LogP contribution >= 0.6 is 0 Å². The first-order valence-electron chi connectivity index (χ1n) is 9.37. The smallest absolute Gasteiger partial charge is 0.257 e. The molecule has 2 heterocycles. The lowest BCUT2D eigenvalue weighted by Crippen LogP contribution is -2.14. The van der Waals surface area contributed by atoms with Crippen molar-refractivity contribution < 1.29 is 4.79 Å². The van der Waals surface area contributed by atoms with Crippen molar-refractivity contribution >= 4 is 22.6 Å². The van der Waals surface area contributed by atoms with Gasteiger partial charge >= 0.3 is 0 Å². The molecule has 138 valence electrons. The van der Waals surface area contributed by atoms with Crippen molar-refractivity contribution in [3.63, 3.8) is 0 Å². The van der Waals surface area contributed by atoms with Gasteiger partial charge in [0.05, 0.1) is 16.8 Å². The van der Waals surface area contributed by atoms with E-state index in [0.29, 0.717) is 11.4 Å². The monoisotopic (exact) mass is 367 g/mol. The lowest BCUT2D eigenvalue weighted by atomic mass is 10.0. The minimum absolute atomic E-state index is 0.192. The second kappa shape index (κ2) is 7.61. The molecule has 0 saturated carbocycles. The summed E-state index contributed by atoms with van der Waals surface area (Å²) in [4.78, 5) is 22.1. The van der Waals surface area contributed by atoms with Crippen LogP contribution < -0.4 is 5.32 Å². The summed E-state index contributed by atoms with van der Waals surface area (Å²) in [7, 11) is 0. The van der Waals surface area contributed by atoms with Crippen LogP contribution in [0.3, 0.4) is 0 Å². The van der Waals surface area contributed by atoms with E-state index < -0.39 is 0 Å². The molecule has 4 heteroatoms. The summed E-state index contributed by atoms with van der Waals surface area (Å²) in [6, 6.07) is 21.6. The van der Waals surface area contributed by atoms with E-state index in [1.807, 2.05) is 49.4 Å². The number of carbonyl (C=O) groups excluding carboxylic acids is 1. The Morgan fingerprint density at radius 2 is 1.79 bits per heavy atom. The minimum atomic E-state index is -0.192. The number of hydrogen-bond donors (Lipinski definition) is 1. The zero-order valence-electron chi connectivity index (χ0n) is 15.9. The van der Waals surface area contributed by atoms with E-state index in [1.54, 1.807) is 6.20 Å². The van der Waals surface area contributed by atoms with Gasteiger partial charge in [-0.2, -0.15) is 0 Å². The number of nitrogens with zero attached hydrogens (tertiary/aromatic N) is 2. The molecule has 4 rings (SSSR count). The maximum atomic E-state index is 13.0. The fourth-order valence-corrected chi connectivity index (χ4v) is 3.21. The first-order chi connectivity index (χ1) is 13.6. The van der Waals surface area contributed by atoms with E-state index >= 15 is 0 Å². The van der Waals surface area contributed by atoms with E-state index in [-0.39, 0.29) is 5.91 Å². The Kier molecular flexibility index (Phi) is 4.85. The van der Waals surface area contributed by atoms with Crippen LogP contribution in [-0.2, 0) is 6.42 Å². The molecule has 0 bridgehead atoms. The van der Waals surface area contributed by atoms with Gasteiger partial charge < -0.3 is 5.32 Å². The zero-order chi connectivity index (χ0) is 19.5. The largest absolute Gasteiger partial charge is 0.307 e. The van der Waals surface area contributed by atoms with E-state index in [1.165, 1.54) is 5.56 Å². The summed E-state index contributed by atoms with van der Waals surface area (Å²) in [5, 5.41) is 3.73. The Morgan fingerprint density at radius 3 is 2.54 bits per heavy atom. The molecule has 0 spiro atoms. The second-order valence-corrected chi connectivity index (χ2v) is 6.80. The van der Waals surface area contributed by atoms with Crippen molar-refractivity contribution in [3.8, 4) is 11.3 Å². The van der Waals surface area contributed by atoms with Crippen molar-refractivity contribution in [1.29, 1.82) is 0 Å². The molecule has 0 unspecified atom stereocenters. The highest BCUT2D eigenvalue weighted by molar-refractivity contribution is 6.12. The van der Waals surface area contributed by atoms with Gasteiger partial charge in [-0.05, 0) is 48.7 Å². The normalized spacial score (nSPS) is 10.8. The summed E-state index contributed by atoms with van der Waals surface area (Å²) in [6.45, 7) is 4.10. The second-order valence-electron chi connectivity index (χ2n) is 6.80. The van der Waals surface area contributed by atoms with Gasteiger partial charge in [-0.1, -0.05) is 49.4 Å². The third-order valence-corrected chi connectivity index (χ3v) is 4.78. The van der Waals surface area contributed by atoms with Crippen LogP contribution in [0.5, 0.6) is 0 Å². The van der Waals surface area contributed by atoms with E-state index in [4.69, 9.17) is 4.98 Å². The molecule has 0 radical (unpaired) electrons. The number of anilines is 1. The third-order valence-electron chi connectivity index (χ3n) is 4.78. The van der Waals surface area contributed by atoms with Gasteiger partial charge in [0.2, 0.25) is 0 Å². The predicted molar refractivity (Wildman–Crippen MR) is 113 cm³/mol. The number of aromatic nitrogens is 2. The van der Waals surface area contributed by atoms with Gasteiger partial charge in [0, 0.05) is 17.1 Å². The number of carbonyl (C=O) groups is 1. The van der Waals surface area contributed by atoms with Crippen LogP contribution in [0.1, 0.15) is 28.4 Å². The molecular weight excluding hydrogens is 346 g/mol. The van der Waals surface area contributed by atoms with Crippen molar-refractivity contribution in [2.45, 2.75) is 20.3 Å². The molecule has 0 saturated heterocycles. The summed E-state index contributed by atoms with van der Waals surface area (Å²) in [5.41, 5.74) is 5.47. The van der Waals surface area contributed by atoms with Gasteiger partial charge in [0.1, 0.15) is 5.82 Å². The van der Waals surface area contributed by atoms with Crippen molar-refractivity contribution in [1.82, 2.24) is 9.97 Å². The Bertz CT molecular complexity index is 1150. The molecule has 0 fully saturated rings. The standard InChI is InChI=1S/C24H21N3O/c1-3-17-8-10-18(11-9-17)22-15-20(19-6-4-5-7-21(19)26-22)24(28)27-23-14-16(2)12-13-25-23/h4-15H,3H2,1-2H3,(H,25,27,28). The minimum Gasteiger partial charge on any atom is -0.307 e. The Labute approximate surface area is 164 Å². The number of rotatable bonds is 4. The molecule has 2 aromatic heterocycles. The number of hydrogen-bond acceptors (Lipinski definition) is 3. The molecule has 1 N–H and O–H groups in total. The maximum Gasteiger partial charge on any atom is 0.257 e. The molecule has 0 aliphatic rings. The molecule has 4 aromatic rings. The summed E-state index contributed by atoms with van der Waals surface area (Å²) < 4.78 is 0. The van der Waals surface area contributed by atoms with Crippen LogP contribution in [0.2, 0.25) is 0 Å². The molecular formula is C24H21N3O. The Morgan fingerprint density at radius 1 is 1.00 bits per heavy atom. The van der Waals surface area contributed by atoms with Crippen LogP contribution in [-0.4, -0.2) is 15.9 Å². The van der Waals surface area contributed by atoms with Crippen LogP contribution in [0.15, 0.2) is 72.9 Å². The SMILES string of the molecule is CCc1ccc(-c2cc(C(=O)Nc3cc(C)ccn3)c3ccccc3n2)cc1. The summed E-state index contributed by atoms with van der Waals surface area (Å²) in [6.07, 6.45) is 2.68. The number of para-hydroxylation sites is 1. The predicted octanol–water partition coefficient (Wildman–Crippen LogP) is 5.42. The quantitative estimate of drug-likeness (QED) is 0.524. The molecule has 4 nitrogen and oxygen atoms in total. The van der Waals surface area contributed by atoms with E-state index in [2.05, 4.69) is 41.5 Å². The van der Waals surface area contributed by atoms with Crippen LogP contribution in [0.25, 0.3) is 22.2 Å². The fraction of sp³-hybridized carbons (Fsp3) is 0.125. The number of benzene rings is 2. The number of pyridine rings is 2. The number of aryl methyl sites for hydroxylation is 2. The number of amides is 1. The van der Waals surface area contributed by atoms with Crippen LogP contribution in [0.4, 0.5) is 5.82 Å². The first-order valence-corrected chi connectivity index (χ1v) is 9.37. The number of fused-ring (bicyclic) bond motifs is 1. The zero-order valence-corrected chi connectivity index (χ0v) is 15.9. The Hall–Kier alpha value is -3.53. The van der Waals surface area contributed by atoms with Crippen molar-refractivity contribution in [3.05, 3.63) is 89.6 Å². The highest BCUT2D eigenvalue weighted by atomic mass is 16.1. The summed E-state index contributed by atoms with van der Waals surface area (Å²) >= 11 is 0. The molecule has 0 aliphatic heterocycles. The highest BCUT2D eigenvalue weighted by Crippen LogP contribution is 2.26. The molecule has 0 atom stereocenters. The van der Waals surface area contributed by atoms with Gasteiger partial charge in [-0.15, -0.1) is 0 Å². The lowest BCUT2D eigenvalue weighted by Gasteiger charge is -2.11. The Balaban J connectivity index is 1.78. The van der Waals surface area contributed by atoms with Crippen molar-refractivity contribution in [2.24, 2.45) is 0 Å². The van der Waals surface area contributed by atoms with Crippen LogP contribution in [0, 0.1) is 6.92 Å². The van der Waals surface area contributed by atoms with Gasteiger partial charge in [-0.25, -0.2) is 9.97 Å². The maximum absolute atomic E-state index is 13.0.